The fraction of sp³-hybridized carbons (Fsp3) is 0.310. The third kappa shape index (κ3) is 6.32. The van der Waals surface area contributed by atoms with Gasteiger partial charge in [0.25, 0.3) is 17.5 Å². The normalized spacial score (nSPS) is 14.3. The summed E-state index contributed by atoms with van der Waals surface area (Å²) >= 11 is 0. The third-order valence-corrected chi connectivity index (χ3v) is 6.79. The number of rotatable bonds is 12. The molecule has 11 nitrogen and oxygen atoms in total. The molecule has 1 unspecified atom stereocenters. The molecule has 1 aliphatic heterocycles. The zero-order valence-electron chi connectivity index (χ0n) is 22.1. The molecule has 1 aliphatic rings. The van der Waals surface area contributed by atoms with Crippen molar-refractivity contribution < 1.29 is 29.2 Å². The highest BCUT2D eigenvalue weighted by Crippen LogP contribution is 2.28. The molecular weight excluding hydrogens is 516 g/mol. The number of amides is 3. The number of nitro benzene ring substituents is 1. The quantitative estimate of drug-likeness (QED) is 0.177. The Balaban J connectivity index is 1.43. The summed E-state index contributed by atoms with van der Waals surface area (Å²) in [4.78, 5) is 62.8. The first-order valence-corrected chi connectivity index (χ1v) is 12.9. The molecule has 3 aromatic carbocycles. The summed E-state index contributed by atoms with van der Waals surface area (Å²) in [6, 6.07) is 14.5. The number of fused-ring (bicyclic) bond motifs is 2. The van der Waals surface area contributed by atoms with Gasteiger partial charge in [0.1, 0.15) is 6.04 Å². The van der Waals surface area contributed by atoms with Crippen LogP contribution >= 0.6 is 0 Å². The first-order chi connectivity index (χ1) is 19.0. The van der Waals surface area contributed by atoms with E-state index in [-0.39, 0.29) is 42.2 Å². The molecule has 3 amide bonds. The van der Waals surface area contributed by atoms with Crippen LogP contribution in [0.4, 0.5) is 5.69 Å². The van der Waals surface area contributed by atoms with E-state index in [4.69, 9.17) is 0 Å². The smallest absolute Gasteiger partial charge is 0.320 e. The van der Waals surface area contributed by atoms with Crippen LogP contribution in [0.25, 0.3) is 10.8 Å². The van der Waals surface area contributed by atoms with Gasteiger partial charge >= 0.3 is 5.97 Å². The van der Waals surface area contributed by atoms with Gasteiger partial charge in [-0.25, -0.2) is 0 Å². The molecule has 4 rings (SSSR count). The van der Waals surface area contributed by atoms with E-state index in [9.17, 15) is 34.4 Å². The van der Waals surface area contributed by atoms with E-state index in [0.29, 0.717) is 12.0 Å². The van der Waals surface area contributed by atoms with Crippen LogP contribution in [0.3, 0.4) is 0 Å². The SMILES string of the molecule is CC(C)C[C@@H](NC(CCN1C(=O)c2cc3ccccc3cc2C1=O)C(=O)O)C(=O)NCc1cccc([N+](=O)[O-])c1. The molecule has 2 atom stereocenters. The van der Waals surface area contributed by atoms with Gasteiger partial charge in [-0.2, -0.15) is 0 Å². The van der Waals surface area contributed by atoms with Crippen molar-refractivity contribution in [1.29, 1.82) is 0 Å². The van der Waals surface area contributed by atoms with Crippen LogP contribution in [0.1, 0.15) is 53.0 Å². The van der Waals surface area contributed by atoms with E-state index in [1.807, 2.05) is 38.1 Å². The van der Waals surface area contributed by atoms with Crippen molar-refractivity contribution in [3.63, 3.8) is 0 Å². The summed E-state index contributed by atoms with van der Waals surface area (Å²) in [6.45, 7) is 3.66. The number of benzene rings is 3. The maximum Gasteiger partial charge on any atom is 0.320 e. The number of carbonyl (C=O) groups is 4. The number of aliphatic carboxylic acids is 1. The van der Waals surface area contributed by atoms with Gasteiger partial charge < -0.3 is 10.4 Å². The Kier molecular flexibility index (Phi) is 8.54. The Morgan fingerprint density at radius 2 is 1.57 bits per heavy atom. The van der Waals surface area contributed by atoms with Crippen LogP contribution < -0.4 is 10.6 Å². The highest BCUT2D eigenvalue weighted by Gasteiger charge is 2.37. The molecule has 0 fully saturated rings. The van der Waals surface area contributed by atoms with Crippen molar-refractivity contribution >= 4 is 40.2 Å². The van der Waals surface area contributed by atoms with Gasteiger partial charge in [-0.05, 0) is 47.2 Å². The molecule has 0 radical (unpaired) electrons. The molecule has 0 spiro atoms. The lowest BCUT2D eigenvalue weighted by atomic mass is 10.0. The largest absolute Gasteiger partial charge is 0.480 e. The van der Waals surface area contributed by atoms with Crippen molar-refractivity contribution in [2.24, 2.45) is 5.92 Å². The fourth-order valence-electron chi connectivity index (χ4n) is 4.77. The molecule has 0 saturated heterocycles. The number of nitro groups is 1. The third-order valence-electron chi connectivity index (χ3n) is 6.79. The molecule has 1 heterocycles. The van der Waals surface area contributed by atoms with E-state index < -0.39 is 40.7 Å². The lowest BCUT2D eigenvalue weighted by molar-refractivity contribution is -0.384. The Bertz CT molecular complexity index is 1430. The minimum absolute atomic E-state index is 0.0257. The molecule has 3 N–H and O–H groups in total. The number of hydrogen-bond acceptors (Lipinski definition) is 7. The van der Waals surface area contributed by atoms with Crippen molar-refractivity contribution in [3.8, 4) is 0 Å². The summed E-state index contributed by atoms with van der Waals surface area (Å²) in [5.41, 5.74) is 0.984. The lowest BCUT2D eigenvalue weighted by Gasteiger charge is -2.25. The number of carboxylic acid groups (broad SMARTS) is 1. The number of carboxylic acids is 1. The monoisotopic (exact) mass is 546 g/mol. The Hall–Kier alpha value is -4.64. The average molecular weight is 547 g/mol. The molecule has 0 saturated carbocycles. The van der Waals surface area contributed by atoms with E-state index in [2.05, 4.69) is 10.6 Å². The maximum absolute atomic E-state index is 13.0. The van der Waals surface area contributed by atoms with E-state index in [1.54, 1.807) is 18.2 Å². The van der Waals surface area contributed by atoms with Crippen LogP contribution in [0.5, 0.6) is 0 Å². The van der Waals surface area contributed by atoms with Crippen molar-refractivity contribution in [1.82, 2.24) is 15.5 Å². The van der Waals surface area contributed by atoms with Crippen LogP contribution in [0, 0.1) is 16.0 Å². The van der Waals surface area contributed by atoms with E-state index in [1.165, 1.54) is 18.2 Å². The lowest BCUT2D eigenvalue weighted by Crippen LogP contribution is -2.52. The average Bonchev–Trinajstić information content (AvgIpc) is 3.15. The van der Waals surface area contributed by atoms with Gasteiger partial charge in [0.05, 0.1) is 22.1 Å². The van der Waals surface area contributed by atoms with Gasteiger partial charge in [0.15, 0.2) is 0 Å². The molecule has 40 heavy (non-hydrogen) atoms. The minimum atomic E-state index is -1.22. The summed E-state index contributed by atoms with van der Waals surface area (Å²) in [5, 5.41) is 28.2. The standard InChI is InChI=1S/C29H30N4O7/c1-17(2)12-25(26(34)30-16-18-6-5-9-21(13-18)33(39)40)31-24(29(37)38)10-11-32-27(35)22-14-19-7-3-4-8-20(19)15-23(22)28(32)36/h3-9,13-15,17,24-25,31H,10-12,16H2,1-2H3,(H,30,34)(H,37,38)/t24?,25-/m1/s1. The number of non-ortho nitro benzene ring substituents is 1. The second kappa shape index (κ2) is 12.0. The number of nitrogens with zero attached hydrogens (tertiary/aromatic N) is 2. The zero-order chi connectivity index (χ0) is 29.0. The van der Waals surface area contributed by atoms with E-state index >= 15 is 0 Å². The summed E-state index contributed by atoms with van der Waals surface area (Å²) < 4.78 is 0. The van der Waals surface area contributed by atoms with Crippen LogP contribution in [0.15, 0.2) is 60.7 Å². The summed E-state index contributed by atoms with van der Waals surface area (Å²) in [5.74, 6) is -2.60. The predicted molar refractivity (Wildman–Crippen MR) is 147 cm³/mol. The highest BCUT2D eigenvalue weighted by atomic mass is 16.6. The second-order valence-electron chi connectivity index (χ2n) is 10.2. The Morgan fingerprint density at radius 1 is 0.950 bits per heavy atom. The molecular formula is C29H30N4O7. The second-order valence-corrected chi connectivity index (χ2v) is 10.2. The predicted octanol–water partition coefficient (Wildman–Crippen LogP) is 3.51. The van der Waals surface area contributed by atoms with E-state index in [0.717, 1.165) is 15.7 Å². The Morgan fingerprint density at radius 3 is 2.12 bits per heavy atom. The van der Waals surface area contributed by atoms with Crippen LogP contribution in [0.2, 0.25) is 0 Å². The molecule has 0 bridgehead atoms. The van der Waals surface area contributed by atoms with Crippen LogP contribution in [-0.2, 0) is 16.1 Å². The van der Waals surface area contributed by atoms with Crippen molar-refractivity contribution in [3.05, 3.63) is 87.5 Å². The van der Waals surface area contributed by atoms with Gasteiger partial charge in [-0.3, -0.25) is 39.5 Å². The van der Waals surface area contributed by atoms with Crippen molar-refractivity contribution in [2.75, 3.05) is 6.54 Å². The number of nitrogens with one attached hydrogen (secondary N) is 2. The molecule has 11 heteroatoms. The number of hydrogen-bond donors (Lipinski definition) is 3. The van der Waals surface area contributed by atoms with Gasteiger partial charge in [0, 0.05) is 25.2 Å². The van der Waals surface area contributed by atoms with Crippen molar-refractivity contribution in [2.45, 2.75) is 45.3 Å². The minimum Gasteiger partial charge on any atom is -0.480 e. The van der Waals surface area contributed by atoms with Gasteiger partial charge in [-0.1, -0.05) is 50.2 Å². The fourth-order valence-corrected chi connectivity index (χ4v) is 4.77. The molecule has 3 aromatic rings. The summed E-state index contributed by atoms with van der Waals surface area (Å²) in [7, 11) is 0. The summed E-state index contributed by atoms with van der Waals surface area (Å²) in [6.07, 6.45) is 0.219. The first-order valence-electron chi connectivity index (χ1n) is 12.9. The van der Waals surface area contributed by atoms with Gasteiger partial charge in [0.2, 0.25) is 5.91 Å². The Labute approximate surface area is 230 Å². The first kappa shape index (κ1) is 28.4. The number of imide groups is 1. The highest BCUT2D eigenvalue weighted by molar-refractivity contribution is 6.23. The molecule has 208 valence electrons. The maximum atomic E-state index is 13.0. The zero-order valence-corrected chi connectivity index (χ0v) is 22.1. The number of carbonyl (C=O) groups excluding carboxylic acids is 3. The van der Waals surface area contributed by atoms with Crippen LogP contribution in [-0.4, -0.2) is 57.2 Å². The molecule has 0 aromatic heterocycles. The van der Waals surface area contributed by atoms with Gasteiger partial charge in [-0.15, -0.1) is 0 Å². The topological polar surface area (TPSA) is 159 Å². The molecule has 0 aliphatic carbocycles.